The fourth-order valence-electron chi connectivity index (χ4n) is 1.73. The monoisotopic (exact) mass is 267 g/mol. The van der Waals surface area contributed by atoms with E-state index in [1.54, 1.807) is 7.11 Å². The molecule has 2 aromatic rings. The van der Waals surface area contributed by atoms with E-state index in [-0.39, 0.29) is 6.10 Å². The molecule has 0 saturated carbocycles. The number of hydrogen-bond acceptors (Lipinski definition) is 7. The highest BCUT2D eigenvalue weighted by Crippen LogP contribution is 2.30. The number of nitrogens with zero attached hydrogens (tertiary/aromatic N) is 2. The lowest BCUT2D eigenvalue weighted by Crippen LogP contribution is -2.33. The van der Waals surface area contributed by atoms with Crippen LogP contribution >= 0.6 is 11.3 Å². The zero-order valence-corrected chi connectivity index (χ0v) is 10.7. The van der Waals surface area contributed by atoms with E-state index in [9.17, 15) is 0 Å². The molecule has 1 N–H and O–H groups in total. The summed E-state index contributed by atoms with van der Waals surface area (Å²) in [5.74, 6) is 1.89. The van der Waals surface area contributed by atoms with Crippen LogP contribution in [-0.2, 0) is 4.74 Å². The molecule has 3 heterocycles. The highest BCUT2D eigenvalue weighted by Gasteiger charge is 2.22. The van der Waals surface area contributed by atoms with Gasteiger partial charge in [-0.25, -0.2) is 0 Å². The van der Waals surface area contributed by atoms with Crippen molar-refractivity contribution in [2.24, 2.45) is 0 Å². The van der Waals surface area contributed by atoms with Gasteiger partial charge in [0.15, 0.2) is 0 Å². The van der Waals surface area contributed by atoms with E-state index in [1.165, 1.54) is 11.3 Å². The fraction of sp³-hybridized carbons (Fsp3) is 0.455. The van der Waals surface area contributed by atoms with Crippen molar-refractivity contribution < 1.29 is 14.0 Å². The first-order chi connectivity index (χ1) is 8.86. The summed E-state index contributed by atoms with van der Waals surface area (Å²) < 4.78 is 15.9. The number of hydrogen-bond donors (Lipinski definition) is 1. The standard InChI is InChI=1S/C11H13N3O3S/c1-15-7-4-9(18-6-7)11-13-10(14-17-11)8-5-12-2-3-16-8/h4,6,8,12H,2-3,5H2,1H3. The lowest BCUT2D eigenvalue weighted by molar-refractivity contribution is 0.0208. The molecule has 7 heteroatoms. The molecule has 1 saturated heterocycles. The van der Waals surface area contributed by atoms with Crippen LogP contribution in [-0.4, -0.2) is 36.9 Å². The van der Waals surface area contributed by atoms with Gasteiger partial charge in [0.2, 0.25) is 5.82 Å². The van der Waals surface area contributed by atoms with Gasteiger partial charge < -0.3 is 19.3 Å². The number of morpholine rings is 1. The minimum absolute atomic E-state index is 0.127. The summed E-state index contributed by atoms with van der Waals surface area (Å²) in [5.41, 5.74) is 0. The van der Waals surface area contributed by atoms with Crippen LogP contribution in [0.3, 0.4) is 0 Å². The molecule has 1 atom stereocenters. The van der Waals surface area contributed by atoms with Gasteiger partial charge in [0, 0.05) is 24.5 Å². The number of nitrogens with one attached hydrogen (secondary N) is 1. The lowest BCUT2D eigenvalue weighted by atomic mass is 10.3. The Morgan fingerprint density at radius 3 is 3.22 bits per heavy atom. The second-order valence-electron chi connectivity index (χ2n) is 3.87. The molecule has 96 valence electrons. The Kier molecular flexibility index (Phi) is 3.26. The predicted molar refractivity (Wildman–Crippen MR) is 65.7 cm³/mol. The third-order valence-electron chi connectivity index (χ3n) is 2.68. The molecule has 0 spiro atoms. The van der Waals surface area contributed by atoms with Crippen molar-refractivity contribution in [3.05, 3.63) is 17.3 Å². The van der Waals surface area contributed by atoms with Crippen LogP contribution in [0.2, 0.25) is 0 Å². The Labute approximate surface area is 108 Å². The van der Waals surface area contributed by atoms with Gasteiger partial charge in [-0.2, -0.15) is 4.98 Å². The summed E-state index contributed by atoms with van der Waals surface area (Å²) in [4.78, 5) is 5.26. The summed E-state index contributed by atoms with van der Waals surface area (Å²) in [7, 11) is 1.63. The van der Waals surface area contributed by atoms with Gasteiger partial charge in [-0.15, -0.1) is 11.3 Å². The molecule has 0 bridgehead atoms. The van der Waals surface area contributed by atoms with E-state index >= 15 is 0 Å². The van der Waals surface area contributed by atoms with Crippen LogP contribution in [0.15, 0.2) is 16.0 Å². The summed E-state index contributed by atoms with van der Waals surface area (Å²) in [6.07, 6.45) is -0.127. The van der Waals surface area contributed by atoms with Crippen molar-refractivity contribution in [1.29, 1.82) is 0 Å². The smallest absolute Gasteiger partial charge is 0.268 e. The topological polar surface area (TPSA) is 69.4 Å². The lowest BCUT2D eigenvalue weighted by Gasteiger charge is -2.20. The van der Waals surface area contributed by atoms with Crippen molar-refractivity contribution in [3.63, 3.8) is 0 Å². The van der Waals surface area contributed by atoms with Crippen LogP contribution in [0.5, 0.6) is 5.75 Å². The molecule has 18 heavy (non-hydrogen) atoms. The average Bonchev–Trinajstić information content (AvgIpc) is 3.08. The molecule has 1 aliphatic heterocycles. The van der Waals surface area contributed by atoms with E-state index in [0.29, 0.717) is 24.9 Å². The molecule has 1 fully saturated rings. The normalized spacial score (nSPS) is 19.9. The van der Waals surface area contributed by atoms with E-state index in [1.807, 2.05) is 11.4 Å². The molecule has 1 aliphatic rings. The van der Waals surface area contributed by atoms with Gasteiger partial charge in [0.1, 0.15) is 11.9 Å². The van der Waals surface area contributed by atoms with Crippen molar-refractivity contribution in [3.8, 4) is 16.5 Å². The molecular formula is C11H13N3O3S. The predicted octanol–water partition coefficient (Wildman–Crippen LogP) is 1.47. The van der Waals surface area contributed by atoms with Gasteiger partial charge in [-0.1, -0.05) is 5.16 Å². The van der Waals surface area contributed by atoms with E-state index < -0.39 is 0 Å². The highest BCUT2D eigenvalue weighted by atomic mass is 32.1. The Balaban J connectivity index is 1.79. The second-order valence-corrected chi connectivity index (χ2v) is 4.78. The van der Waals surface area contributed by atoms with Gasteiger partial charge in [0.25, 0.3) is 5.89 Å². The number of rotatable bonds is 3. The minimum Gasteiger partial charge on any atom is -0.496 e. The first-order valence-corrected chi connectivity index (χ1v) is 6.53. The summed E-state index contributed by atoms with van der Waals surface area (Å²) in [6, 6.07) is 1.88. The van der Waals surface area contributed by atoms with E-state index in [2.05, 4.69) is 15.5 Å². The van der Waals surface area contributed by atoms with Crippen LogP contribution < -0.4 is 10.1 Å². The largest absolute Gasteiger partial charge is 0.496 e. The van der Waals surface area contributed by atoms with E-state index in [0.717, 1.165) is 17.2 Å². The SMILES string of the molecule is COc1csc(-c2nc(C3CNCCO3)no2)c1. The van der Waals surface area contributed by atoms with Crippen LogP contribution in [0.1, 0.15) is 11.9 Å². The Morgan fingerprint density at radius 1 is 1.56 bits per heavy atom. The first-order valence-electron chi connectivity index (χ1n) is 5.65. The Bertz CT molecular complexity index is 519. The van der Waals surface area contributed by atoms with Gasteiger partial charge >= 0.3 is 0 Å². The number of aromatic nitrogens is 2. The fourth-order valence-corrected chi connectivity index (χ4v) is 2.51. The number of thiophene rings is 1. The zero-order valence-electron chi connectivity index (χ0n) is 9.88. The second kappa shape index (κ2) is 5.05. The molecule has 1 unspecified atom stereocenters. The summed E-state index contributed by atoms with van der Waals surface area (Å²) >= 11 is 1.51. The molecular weight excluding hydrogens is 254 g/mol. The van der Waals surface area contributed by atoms with Crippen molar-refractivity contribution in [2.75, 3.05) is 26.8 Å². The molecule has 0 aromatic carbocycles. The maximum absolute atomic E-state index is 5.57. The van der Waals surface area contributed by atoms with Gasteiger partial charge in [-0.05, 0) is 0 Å². The Morgan fingerprint density at radius 2 is 2.50 bits per heavy atom. The summed E-state index contributed by atoms with van der Waals surface area (Å²) in [5, 5.41) is 9.10. The number of ether oxygens (including phenoxy) is 2. The maximum atomic E-state index is 5.57. The zero-order chi connectivity index (χ0) is 12.4. The molecule has 0 amide bonds. The first kappa shape index (κ1) is 11.6. The van der Waals surface area contributed by atoms with Gasteiger partial charge in [-0.3, -0.25) is 0 Å². The minimum atomic E-state index is -0.127. The van der Waals surface area contributed by atoms with Crippen molar-refractivity contribution in [2.45, 2.75) is 6.10 Å². The van der Waals surface area contributed by atoms with Crippen molar-refractivity contribution >= 4 is 11.3 Å². The van der Waals surface area contributed by atoms with Crippen molar-refractivity contribution in [1.82, 2.24) is 15.5 Å². The quantitative estimate of drug-likeness (QED) is 0.908. The third kappa shape index (κ3) is 2.24. The Hall–Kier alpha value is -1.44. The number of methoxy groups -OCH3 is 1. The van der Waals surface area contributed by atoms with E-state index in [4.69, 9.17) is 14.0 Å². The van der Waals surface area contributed by atoms with Crippen LogP contribution in [0, 0.1) is 0 Å². The molecule has 2 aromatic heterocycles. The molecule has 0 radical (unpaired) electrons. The molecule has 3 rings (SSSR count). The molecule has 0 aliphatic carbocycles. The average molecular weight is 267 g/mol. The van der Waals surface area contributed by atoms with Crippen LogP contribution in [0.4, 0.5) is 0 Å². The summed E-state index contributed by atoms with van der Waals surface area (Å²) in [6.45, 7) is 2.25. The van der Waals surface area contributed by atoms with Crippen LogP contribution in [0.25, 0.3) is 10.8 Å². The van der Waals surface area contributed by atoms with Gasteiger partial charge in [0.05, 0.1) is 18.6 Å². The maximum Gasteiger partial charge on any atom is 0.268 e. The highest BCUT2D eigenvalue weighted by molar-refractivity contribution is 7.13. The third-order valence-corrected chi connectivity index (χ3v) is 3.58. The molecule has 6 nitrogen and oxygen atoms in total.